The van der Waals surface area contributed by atoms with E-state index in [0.717, 1.165) is 12.8 Å². The number of ether oxygens (including phenoxy) is 1. The number of nitrogens with one attached hydrogen (secondary N) is 1. The Morgan fingerprint density at radius 3 is 2.68 bits per heavy atom. The van der Waals surface area contributed by atoms with Crippen LogP contribution in [0.5, 0.6) is 0 Å². The second kappa shape index (κ2) is 6.38. The van der Waals surface area contributed by atoms with Crippen molar-refractivity contribution < 1.29 is 14.6 Å². The number of amides is 1. The second-order valence-electron chi connectivity index (χ2n) is 5.99. The first kappa shape index (κ1) is 16.0. The summed E-state index contributed by atoms with van der Waals surface area (Å²) in [5, 5.41) is 9.44. The van der Waals surface area contributed by atoms with Crippen LogP contribution in [0.15, 0.2) is 0 Å². The van der Waals surface area contributed by atoms with E-state index in [9.17, 15) is 9.90 Å². The molecule has 0 spiro atoms. The second-order valence-corrected chi connectivity index (χ2v) is 6.36. The number of carbonyl (C=O) groups is 1. The van der Waals surface area contributed by atoms with Gasteiger partial charge in [-0.3, -0.25) is 5.43 Å². The maximum Gasteiger partial charge on any atom is 0.407 e. The molecule has 6 nitrogen and oxygen atoms in total. The Labute approximate surface area is 119 Å². The fourth-order valence-electron chi connectivity index (χ4n) is 2.47. The van der Waals surface area contributed by atoms with E-state index in [1.54, 1.807) is 0 Å². The van der Waals surface area contributed by atoms with Crippen LogP contribution in [0, 0.1) is 11.3 Å². The number of nitrogens with two attached hydrogens (primary N) is 1. The van der Waals surface area contributed by atoms with Crippen molar-refractivity contribution in [1.29, 1.82) is 0 Å². The SMILES string of the molecule is CC(C)(C)C1CC(COC(=S)NN)CCN1C(=O)O. The normalized spacial score (nSPS) is 23.9. The lowest BCUT2D eigenvalue weighted by Gasteiger charge is -2.44. The van der Waals surface area contributed by atoms with E-state index in [1.807, 2.05) is 0 Å². The molecule has 0 aromatic carbocycles. The number of piperidine rings is 1. The molecule has 1 amide bonds. The van der Waals surface area contributed by atoms with E-state index in [1.165, 1.54) is 4.90 Å². The van der Waals surface area contributed by atoms with Gasteiger partial charge in [0.1, 0.15) is 0 Å². The number of rotatable bonds is 2. The van der Waals surface area contributed by atoms with Crippen LogP contribution in [0.4, 0.5) is 4.79 Å². The molecule has 0 aromatic rings. The lowest BCUT2D eigenvalue weighted by atomic mass is 9.77. The molecule has 1 heterocycles. The van der Waals surface area contributed by atoms with Crippen LogP contribution >= 0.6 is 12.2 Å². The van der Waals surface area contributed by atoms with Crippen molar-refractivity contribution in [3.8, 4) is 0 Å². The van der Waals surface area contributed by atoms with Gasteiger partial charge in [0.2, 0.25) is 0 Å². The molecule has 1 saturated heterocycles. The molecule has 0 saturated carbocycles. The van der Waals surface area contributed by atoms with Crippen molar-refractivity contribution in [2.75, 3.05) is 13.2 Å². The molecule has 110 valence electrons. The third-order valence-corrected chi connectivity index (χ3v) is 3.76. The first-order valence-electron chi connectivity index (χ1n) is 6.38. The molecule has 4 N–H and O–H groups in total. The van der Waals surface area contributed by atoms with Crippen molar-refractivity contribution >= 4 is 23.5 Å². The highest BCUT2D eigenvalue weighted by Crippen LogP contribution is 2.34. The summed E-state index contributed by atoms with van der Waals surface area (Å²) in [7, 11) is 0. The van der Waals surface area contributed by atoms with Gasteiger partial charge >= 0.3 is 6.09 Å². The zero-order valence-corrected chi connectivity index (χ0v) is 12.5. The molecule has 1 aliphatic heterocycles. The number of nitrogens with zero attached hydrogens (tertiary/aromatic N) is 1. The van der Waals surface area contributed by atoms with Crippen molar-refractivity contribution in [1.82, 2.24) is 10.3 Å². The van der Waals surface area contributed by atoms with Crippen LogP contribution in [0.3, 0.4) is 0 Å². The summed E-state index contributed by atoms with van der Waals surface area (Å²) < 4.78 is 5.32. The molecule has 1 aliphatic rings. The molecule has 0 radical (unpaired) electrons. The summed E-state index contributed by atoms with van der Waals surface area (Å²) >= 11 is 4.83. The van der Waals surface area contributed by atoms with Crippen LogP contribution < -0.4 is 11.3 Å². The number of likely N-dealkylation sites (tertiary alicyclic amines) is 1. The van der Waals surface area contributed by atoms with Gasteiger partial charge in [-0.2, -0.15) is 0 Å². The largest absolute Gasteiger partial charge is 0.470 e. The van der Waals surface area contributed by atoms with Gasteiger partial charge in [-0.1, -0.05) is 20.8 Å². The maximum atomic E-state index is 11.3. The predicted molar refractivity (Wildman–Crippen MR) is 76.6 cm³/mol. The molecule has 0 aromatic heterocycles. The summed E-state index contributed by atoms with van der Waals surface area (Å²) in [6.07, 6.45) is 0.716. The van der Waals surface area contributed by atoms with E-state index in [0.29, 0.717) is 19.1 Å². The Morgan fingerprint density at radius 2 is 2.21 bits per heavy atom. The van der Waals surface area contributed by atoms with Gasteiger partial charge in [-0.25, -0.2) is 10.6 Å². The van der Waals surface area contributed by atoms with Crippen LogP contribution in [0.1, 0.15) is 33.6 Å². The smallest absolute Gasteiger partial charge is 0.407 e. The molecular weight excluding hydrogens is 266 g/mol. The topological polar surface area (TPSA) is 87.8 Å². The minimum absolute atomic E-state index is 0.00763. The van der Waals surface area contributed by atoms with Crippen LogP contribution in [0.25, 0.3) is 0 Å². The van der Waals surface area contributed by atoms with Gasteiger partial charge in [-0.05, 0) is 36.4 Å². The summed E-state index contributed by atoms with van der Waals surface area (Å²) in [4.78, 5) is 12.8. The Hall–Kier alpha value is -1.08. The minimum atomic E-state index is -0.849. The monoisotopic (exact) mass is 289 g/mol. The maximum absolute atomic E-state index is 11.3. The molecule has 2 atom stereocenters. The van der Waals surface area contributed by atoms with Gasteiger partial charge in [0.05, 0.1) is 6.61 Å². The van der Waals surface area contributed by atoms with Gasteiger partial charge in [0.15, 0.2) is 0 Å². The standard InChI is InChI=1S/C12H23N3O3S/c1-12(2,3)9-6-8(7-18-10(19)14-13)4-5-15(9)11(16)17/h8-9H,4-7,13H2,1-3H3,(H,14,19)(H,16,17). The Bertz CT molecular complexity index is 344. The molecule has 1 fully saturated rings. The molecule has 1 rings (SSSR count). The van der Waals surface area contributed by atoms with Crippen molar-refractivity contribution in [2.45, 2.75) is 39.7 Å². The first-order valence-corrected chi connectivity index (χ1v) is 6.79. The molecular formula is C12H23N3O3S. The van der Waals surface area contributed by atoms with E-state index in [-0.39, 0.29) is 16.6 Å². The van der Waals surface area contributed by atoms with Crippen molar-refractivity contribution in [2.24, 2.45) is 17.2 Å². The van der Waals surface area contributed by atoms with Gasteiger partial charge < -0.3 is 14.7 Å². The van der Waals surface area contributed by atoms with Crippen LogP contribution in [0.2, 0.25) is 0 Å². The summed E-state index contributed by atoms with van der Waals surface area (Å²) in [5.74, 6) is 5.44. The highest BCUT2D eigenvalue weighted by atomic mass is 32.1. The van der Waals surface area contributed by atoms with Crippen molar-refractivity contribution in [3.05, 3.63) is 0 Å². The Morgan fingerprint density at radius 1 is 1.58 bits per heavy atom. The lowest BCUT2D eigenvalue weighted by molar-refractivity contribution is 0.0289. The van der Waals surface area contributed by atoms with Gasteiger partial charge in [0, 0.05) is 12.6 Å². The quantitative estimate of drug-likeness (QED) is 0.406. The molecule has 0 aliphatic carbocycles. The first-order chi connectivity index (χ1) is 8.75. The fourth-order valence-corrected chi connectivity index (χ4v) is 2.54. The summed E-state index contributed by atoms with van der Waals surface area (Å²) in [6, 6.07) is -0.00763. The minimum Gasteiger partial charge on any atom is -0.470 e. The lowest BCUT2D eigenvalue weighted by Crippen LogP contribution is -2.52. The van der Waals surface area contributed by atoms with Gasteiger partial charge in [0.25, 0.3) is 5.17 Å². The molecule has 0 bridgehead atoms. The van der Waals surface area contributed by atoms with Crippen LogP contribution in [-0.2, 0) is 4.74 Å². The summed E-state index contributed by atoms with van der Waals surface area (Å²) in [6.45, 7) is 7.19. The van der Waals surface area contributed by atoms with Crippen molar-refractivity contribution in [3.63, 3.8) is 0 Å². The average molecular weight is 289 g/mol. The number of hydrazine groups is 1. The fraction of sp³-hybridized carbons (Fsp3) is 0.833. The van der Waals surface area contributed by atoms with Crippen LogP contribution in [-0.4, -0.2) is 40.5 Å². The highest BCUT2D eigenvalue weighted by Gasteiger charge is 2.38. The molecule has 7 heteroatoms. The van der Waals surface area contributed by atoms with Gasteiger partial charge in [-0.15, -0.1) is 0 Å². The zero-order valence-electron chi connectivity index (χ0n) is 11.7. The number of hydrogen-bond acceptors (Lipinski definition) is 4. The van der Waals surface area contributed by atoms with E-state index in [2.05, 4.69) is 26.2 Å². The summed E-state index contributed by atoms with van der Waals surface area (Å²) in [5.41, 5.74) is 2.18. The average Bonchev–Trinajstić information content (AvgIpc) is 2.34. The molecule has 2 unspecified atom stereocenters. The van der Waals surface area contributed by atoms with E-state index in [4.69, 9.17) is 22.8 Å². The Kier molecular flexibility index (Phi) is 5.37. The number of thiocarbonyl (C=S) groups is 1. The molecule has 19 heavy (non-hydrogen) atoms. The number of hydrogen-bond donors (Lipinski definition) is 3. The zero-order chi connectivity index (χ0) is 14.6. The third-order valence-electron chi connectivity index (χ3n) is 3.52. The Balaban J connectivity index is 2.63. The van der Waals surface area contributed by atoms with E-state index < -0.39 is 6.09 Å². The predicted octanol–water partition coefficient (Wildman–Crippen LogP) is 1.56. The van der Waals surface area contributed by atoms with E-state index >= 15 is 0 Å². The number of carboxylic acid groups (broad SMARTS) is 1. The third kappa shape index (κ3) is 4.50. The highest BCUT2D eigenvalue weighted by molar-refractivity contribution is 7.80.